The molecule has 1 saturated heterocycles. The van der Waals surface area contributed by atoms with Gasteiger partial charge in [-0.2, -0.15) is 13.2 Å². The number of carbonyl (C=O) groups excluding carboxylic acids is 1. The summed E-state index contributed by atoms with van der Waals surface area (Å²) in [4.78, 5) is 24.7. The number of ether oxygens (including phenoxy) is 3. The van der Waals surface area contributed by atoms with Crippen molar-refractivity contribution in [2.24, 2.45) is 5.73 Å². The van der Waals surface area contributed by atoms with Crippen LogP contribution in [0.1, 0.15) is 16.1 Å². The lowest BCUT2D eigenvalue weighted by Gasteiger charge is -2.21. The minimum Gasteiger partial charge on any atom is -0.491 e. The van der Waals surface area contributed by atoms with Crippen molar-refractivity contribution in [3.8, 4) is 16.9 Å². The van der Waals surface area contributed by atoms with Gasteiger partial charge in [0, 0.05) is 5.56 Å². The lowest BCUT2D eigenvalue weighted by atomic mass is 10.0. The number of alkyl halides is 5. The van der Waals surface area contributed by atoms with E-state index >= 15 is 0 Å². The molecular formula is C19H15F5N2O5. The highest BCUT2D eigenvalue weighted by molar-refractivity contribution is 5.94. The van der Waals surface area contributed by atoms with Crippen LogP contribution in [0.5, 0.6) is 5.75 Å². The Labute approximate surface area is 170 Å². The number of benzene rings is 1. The monoisotopic (exact) mass is 446 g/mol. The van der Waals surface area contributed by atoms with Gasteiger partial charge in [-0.05, 0) is 23.8 Å². The van der Waals surface area contributed by atoms with E-state index < -0.39 is 58.7 Å². The van der Waals surface area contributed by atoms with Gasteiger partial charge in [-0.25, -0.2) is 8.78 Å². The van der Waals surface area contributed by atoms with E-state index in [1.165, 1.54) is 24.3 Å². The van der Waals surface area contributed by atoms with Crippen molar-refractivity contribution < 1.29 is 41.0 Å². The van der Waals surface area contributed by atoms with Gasteiger partial charge in [0.05, 0.1) is 6.61 Å². The number of halogens is 5. The van der Waals surface area contributed by atoms with E-state index in [0.29, 0.717) is 0 Å². The van der Waals surface area contributed by atoms with Crippen LogP contribution in [0.3, 0.4) is 0 Å². The van der Waals surface area contributed by atoms with Gasteiger partial charge in [0.1, 0.15) is 29.7 Å². The number of hydrogen-bond acceptors (Lipinski definition) is 5. The Bertz CT molecular complexity index is 1070. The van der Waals surface area contributed by atoms with Crippen molar-refractivity contribution in [3.63, 3.8) is 0 Å². The van der Waals surface area contributed by atoms with Crippen LogP contribution in [-0.2, 0) is 15.7 Å². The van der Waals surface area contributed by atoms with Crippen LogP contribution in [0.4, 0.5) is 22.0 Å². The Morgan fingerprint density at radius 3 is 2.48 bits per heavy atom. The molecule has 31 heavy (non-hydrogen) atoms. The second kappa shape index (κ2) is 7.31. The SMILES string of the molecule is NC(=O)c1cc(-c2ccc(OC[C@H]3CO[C@@H]4[C@H](O3)C4(F)F)cc2)c(C(F)(F)F)[nH]c1=O. The Kier molecular flexibility index (Phi) is 5.01. The molecule has 1 aliphatic heterocycles. The molecule has 2 aliphatic rings. The first-order chi connectivity index (χ1) is 14.5. The minimum atomic E-state index is -4.89. The van der Waals surface area contributed by atoms with E-state index in [2.05, 4.69) is 0 Å². The Morgan fingerprint density at radius 1 is 1.23 bits per heavy atom. The van der Waals surface area contributed by atoms with Crippen LogP contribution < -0.4 is 16.0 Å². The van der Waals surface area contributed by atoms with Gasteiger partial charge in [-0.3, -0.25) is 9.59 Å². The fourth-order valence-corrected chi connectivity index (χ4v) is 3.26. The zero-order valence-corrected chi connectivity index (χ0v) is 15.5. The molecule has 12 heteroatoms. The highest BCUT2D eigenvalue weighted by Crippen LogP contribution is 2.49. The van der Waals surface area contributed by atoms with E-state index in [9.17, 15) is 31.5 Å². The van der Waals surface area contributed by atoms with Gasteiger partial charge >= 0.3 is 12.1 Å². The summed E-state index contributed by atoms with van der Waals surface area (Å²) in [6.07, 6.45) is -8.13. The van der Waals surface area contributed by atoms with Gasteiger partial charge in [0.25, 0.3) is 11.5 Å². The Balaban J connectivity index is 1.51. The summed E-state index contributed by atoms with van der Waals surface area (Å²) >= 11 is 0. The number of hydrogen-bond donors (Lipinski definition) is 2. The van der Waals surface area contributed by atoms with Crippen LogP contribution in [0.25, 0.3) is 11.1 Å². The van der Waals surface area contributed by atoms with Crippen molar-refractivity contribution in [3.05, 3.63) is 51.9 Å². The number of carbonyl (C=O) groups is 1. The fraction of sp³-hybridized carbons (Fsp3) is 0.368. The number of primary amides is 1. The highest BCUT2D eigenvalue weighted by Gasteiger charge is 2.73. The standard InChI is InChI=1S/C19H15F5N2O5/c20-18(21)14-15(18)31-10(7-30-14)6-29-9-3-1-8(2-4-9)11-5-12(16(25)27)17(28)26-13(11)19(22,23)24/h1-5,10,14-15H,6-7H2,(H2,25,27)(H,26,28)/t10-,14+,15-/m0/s1. The average molecular weight is 446 g/mol. The van der Waals surface area contributed by atoms with E-state index in [1.807, 2.05) is 0 Å². The van der Waals surface area contributed by atoms with Crippen LogP contribution in [0.2, 0.25) is 0 Å². The number of nitrogens with one attached hydrogen (secondary N) is 1. The van der Waals surface area contributed by atoms with Gasteiger partial charge in [-0.15, -0.1) is 0 Å². The summed E-state index contributed by atoms with van der Waals surface area (Å²) in [6.45, 7) is -0.173. The molecule has 2 heterocycles. The molecule has 1 amide bonds. The molecule has 7 nitrogen and oxygen atoms in total. The van der Waals surface area contributed by atoms with E-state index in [-0.39, 0.29) is 24.5 Å². The predicted molar refractivity (Wildman–Crippen MR) is 94.9 cm³/mol. The second-order valence-electron chi connectivity index (χ2n) is 7.11. The van der Waals surface area contributed by atoms with Crippen molar-refractivity contribution >= 4 is 5.91 Å². The zero-order valence-electron chi connectivity index (χ0n) is 15.5. The molecule has 166 valence electrons. The number of aromatic nitrogens is 1. The first kappa shape index (κ1) is 21.2. The van der Waals surface area contributed by atoms with Crippen LogP contribution in [-0.4, -0.2) is 48.3 Å². The molecule has 2 aromatic rings. The lowest BCUT2D eigenvalue weighted by Crippen LogP contribution is -2.33. The van der Waals surface area contributed by atoms with Crippen molar-refractivity contribution in [2.75, 3.05) is 13.2 Å². The molecule has 1 aliphatic carbocycles. The topological polar surface area (TPSA) is 104 Å². The molecule has 0 spiro atoms. The number of H-pyrrole nitrogens is 1. The van der Waals surface area contributed by atoms with Crippen LogP contribution in [0.15, 0.2) is 35.1 Å². The highest BCUT2D eigenvalue weighted by atomic mass is 19.4. The summed E-state index contributed by atoms with van der Waals surface area (Å²) in [5.74, 6) is -3.94. The molecule has 3 N–H and O–H groups in total. The van der Waals surface area contributed by atoms with E-state index in [0.717, 1.165) is 6.07 Å². The van der Waals surface area contributed by atoms with Crippen molar-refractivity contribution in [1.82, 2.24) is 4.98 Å². The predicted octanol–water partition coefficient (Wildman–Crippen LogP) is 2.34. The summed E-state index contributed by atoms with van der Waals surface area (Å²) < 4.78 is 82.2. The third-order valence-electron chi connectivity index (χ3n) is 4.92. The first-order valence-electron chi connectivity index (χ1n) is 9.01. The van der Waals surface area contributed by atoms with Crippen LogP contribution >= 0.6 is 0 Å². The summed E-state index contributed by atoms with van der Waals surface area (Å²) in [5, 5.41) is 0. The maximum absolute atomic E-state index is 13.4. The van der Waals surface area contributed by atoms with Gasteiger partial charge in [0.2, 0.25) is 0 Å². The molecule has 1 saturated carbocycles. The summed E-state index contributed by atoms with van der Waals surface area (Å²) in [5.41, 5.74) is 1.45. The largest absolute Gasteiger partial charge is 0.491 e. The molecule has 2 fully saturated rings. The number of aromatic amines is 1. The molecule has 0 bridgehead atoms. The molecule has 1 aromatic heterocycles. The Morgan fingerprint density at radius 2 is 1.90 bits per heavy atom. The molecule has 0 unspecified atom stereocenters. The summed E-state index contributed by atoms with van der Waals surface area (Å²) in [7, 11) is 0. The molecule has 1 aromatic carbocycles. The van der Waals surface area contributed by atoms with Gasteiger partial charge in [0.15, 0.2) is 12.2 Å². The van der Waals surface area contributed by atoms with Crippen molar-refractivity contribution in [1.29, 1.82) is 0 Å². The number of fused-ring (bicyclic) bond motifs is 1. The third kappa shape index (κ3) is 4.00. The third-order valence-corrected chi connectivity index (χ3v) is 4.92. The maximum atomic E-state index is 13.4. The van der Waals surface area contributed by atoms with E-state index in [1.54, 1.807) is 4.98 Å². The number of amides is 1. The number of rotatable bonds is 5. The smallest absolute Gasteiger partial charge is 0.431 e. The molecule has 4 rings (SSSR count). The fourth-order valence-electron chi connectivity index (χ4n) is 3.26. The van der Waals surface area contributed by atoms with Crippen LogP contribution in [0, 0.1) is 0 Å². The lowest BCUT2D eigenvalue weighted by molar-refractivity contribution is -0.140. The van der Waals surface area contributed by atoms with Gasteiger partial charge in [-0.1, -0.05) is 12.1 Å². The molecule has 3 atom stereocenters. The molecule has 0 radical (unpaired) electrons. The van der Waals surface area contributed by atoms with Crippen molar-refractivity contribution in [2.45, 2.75) is 30.4 Å². The summed E-state index contributed by atoms with van der Waals surface area (Å²) in [6, 6.07) is 6.05. The first-order valence-corrected chi connectivity index (χ1v) is 9.01. The maximum Gasteiger partial charge on any atom is 0.431 e. The van der Waals surface area contributed by atoms with E-state index in [4.69, 9.17) is 19.9 Å². The zero-order chi connectivity index (χ0) is 22.6. The minimum absolute atomic E-state index is 0.0381. The quantitative estimate of drug-likeness (QED) is 0.687. The second-order valence-corrected chi connectivity index (χ2v) is 7.11. The normalized spacial score (nSPS) is 24.4. The molecular weight excluding hydrogens is 431 g/mol. The number of nitrogens with two attached hydrogens (primary N) is 1. The van der Waals surface area contributed by atoms with Gasteiger partial charge < -0.3 is 24.9 Å². The number of pyridine rings is 1. The average Bonchev–Trinajstić information content (AvgIpc) is 3.26. The Hall–Kier alpha value is -2.99.